The number of rotatable bonds is 9. The van der Waals surface area contributed by atoms with Gasteiger partial charge in [-0.15, -0.1) is 0 Å². The fourth-order valence-corrected chi connectivity index (χ4v) is 3.05. The molecule has 1 unspecified atom stereocenters. The molecule has 3 heteroatoms. The van der Waals surface area contributed by atoms with Gasteiger partial charge in [0.2, 0.25) is 0 Å². The summed E-state index contributed by atoms with van der Waals surface area (Å²) in [5.41, 5.74) is 2.76. The molecule has 0 aliphatic rings. The van der Waals surface area contributed by atoms with Crippen LogP contribution in [0, 0.1) is 0 Å². The molecule has 108 valence electrons. The minimum atomic E-state index is 0.294. The fraction of sp³-hybridized carbons (Fsp3) is 0.625. The summed E-state index contributed by atoms with van der Waals surface area (Å²) in [4.78, 5) is 0. The number of nitrogens with one attached hydrogen (secondary N) is 1. The van der Waals surface area contributed by atoms with Gasteiger partial charge in [0.1, 0.15) is 0 Å². The van der Waals surface area contributed by atoms with Crippen LogP contribution in [0.15, 0.2) is 24.3 Å². The van der Waals surface area contributed by atoms with E-state index in [1.807, 2.05) is 11.8 Å². The standard InChI is InChI=1S/C16H27NOS/c1-4-17-16(12-19-11-5-10-18)15-8-6-14(7-9-15)13(2)3/h6-9,13,16-18H,4-5,10-12H2,1-3H3. The zero-order valence-corrected chi connectivity index (χ0v) is 13.2. The molecule has 1 atom stereocenters. The maximum atomic E-state index is 8.81. The summed E-state index contributed by atoms with van der Waals surface area (Å²) in [6.45, 7) is 7.87. The van der Waals surface area contributed by atoms with Crippen molar-refractivity contribution < 1.29 is 5.11 Å². The van der Waals surface area contributed by atoms with Crippen molar-refractivity contribution in [3.8, 4) is 0 Å². The van der Waals surface area contributed by atoms with E-state index in [9.17, 15) is 0 Å². The van der Waals surface area contributed by atoms with E-state index in [1.54, 1.807) is 0 Å². The molecule has 0 saturated carbocycles. The lowest BCUT2D eigenvalue weighted by atomic mass is 9.99. The number of aliphatic hydroxyl groups excluding tert-OH is 1. The second-order valence-electron chi connectivity index (χ2n) is 5.08. The Hall–Kier alpha value is -0.510. The van der Waals surface area contributed by atoms with Gasteiger partial charge in [0.25, 0.3) is 0 Å². The maximum absolute atomic E-state index is 8.81. The first-order valence-electron chi connectivity index (χ1n) is 7.20. The average molecular weight is 281 g/mol. The third-order valence-electron chi connectivity index (χ3n) is 3.19. The Bertz CT molecular complexity index is 337. The summed E-state index contributed by atoms with van der Waals surface area (Å²) in [5.74, 6) is 2.68. The number of hydrogen-bond acceptors (Lipinski definition) is 3. The van der Waals surface area contributed by atoms with E-state index in [2.05, 4.69) is 50.4 Å². The molecule has 0 bridgehead atoms. The molecule has 1 rings (SSSR count). The Morgan fingerprint density at radius 2 is 1.79 bits per heavy atom. The molecule has 0 aliphatic heterocycles. The van der Waals surface area contributed by atoms with Crippen molar-refractivity contribution in [3.05, 3.63) is 35.4 Å². The van der Waals surface area contributed by atoms with Crippen LogP contribution in [0.25, 0.3) is 0 Å². The predicted octanol–water partition coefficient (Wildman–Crippen LogP) is 3.58. The molecule has 2 nitrogen and oxygen atoms in total. The molecule has 19 heavy (non-hydrogen) atoms. The monoisotopic (exact) mass is 281 g/mol. The first kappa shape index (κ1) is 16.5. The highest BCUT2D eigenvalue weighted by atomic mass is 32.2. The lowest BCUT2D eigenvalue weighted by Gasteiger charge is -2.19. The zero-order chi connectivity index (χ0) is 14.1. The normalized spacial score (nSPS) is 12.9. The van der Waals surface area contributed by atoms with Crippen LogP contribution in [-0.4, -0.2) is 29.8 Å². The van der Waals surface area contributed by atoms with E-state index < -0.39 is 0 Å². The molecular formula is C16H27NOS. The quantitative estimate of drug-likeness (QED) is 0.679. The molecule has 0 aliphatic carbocycles. The number of hydrogen-bond donors (Lipinski definition) is 2. The van der Waals surface area contributed by atoms with E-state index in [1.165, 1.54) is 11.1 Å². The molecule has 0 radical (unpaired) electrons. The van der Waals surface area contributed by atoms with Gasteiger partial charge < -0.3 is 10.4 Å². The van der Waals surface area contributed by atoms with Crippen molar-refractivity contribution in [2.45, 2.75) is 39.2 Å². The molecule has 0 spiro atoms. The van der Waals surface area contributed by atoms with Gasteiger partial charge in [-0.2, -0.15) is 11.8 Å². The second kappa shape index (κ2) is 9.40. The summed E-state index contributed by atoms with van der Waals surface area (Å²) >= 11 is 1.91. The lowest BCUT2D eigenvalue weighted by molar-refractivity contribution is 0.296. The Morgan fingerprint density at radius 1 is 1.16 bits per heavy atom. The molecule has 1 aromatic rings. The van der Waals surface area contributed by atoms with Crippen LogP contribution in [0.4, 0.5) is 0 Å². The van der Waals surface area contributed by atoms with Crippen LogP contribution >= 0.6 is 11.8 Å². The molecule has 0 amide bonds. The van der Waals surface area contributed by atoms with Crippen LogP contribution in [0.1, 0.15) is 50.3 Å². The Morgan fingerprint density at radius 3 is 2.32 bits per heavy atom. The fourth-order valence-electron chi connectivity index (χ4n) is 2.00. The first-order chi connectivity index (χ1) is 9.19. The molecule has 0 heterocycles. The van der Waals surface area contributed by atoms with Gasteiger partial charge in [-0.25, -0.2) is 0 Å². The Balaban J connectivity index is 2.59. The second-order valence-corrected chi connectivity index (χ2v) is 6.23. The summed E-state index contributed by atoms with van der Waals surface area (Å²) in [5, 5.41) is 12.3. The van der Waals surface area contributed by atoms with Crippen LogP contribution < -0.4 is 5.32 Å². The molecular weight excluding hydrogens is 254 g/mol. The highest BCUT2D eigenvalue weighted by Gasteiger charge is 2.10. The number of benzene rings is 1. The van der Waals surface area contributed by atoms with Crippen molar-refractivity contribution in [2.75, 3.05) is 24.7 Å². The molecule has 2 N–H and O–H groups in total. The van der Waals surface area contributed by atoms with Crippen LogP contribution in [0.2, 0.25) is 0 Å². The van der Waals surface area contributed by atoms with Crippen molar-refractivity contribution in [1.29, 1.82) is 0 Å². The number of aliphatic hydroxyl groups is 1. The van der Waals surface area contributed by atoms with E-state index >= 15 is 0 Å². The molecule has 0 saturated heterocycles. The summed E-state index contributed by atoms with van der Waals surface area (Å²) in [6, 6.07) is 9.38. The van der Waals surface area contributed by atoms with Gasteiger partial charge in [0, 0.05) is 18.4 Å². The zero-order valence-electron chi connectivity index (χ0n) is 12.4. The van der Waals surface area contributed by atoms with Crippen LogP contribution in [0.3, 0.4) is 0 Å². The van der Waals surface area contributed by atoms with Crippen molar-refractivity contribution >= 4 is 11.8 Å². The molecule has 1 aromatic carbocycles. The van der Waals surface area contributed by atoms with Crippen molar-refractivity contribution in [1.82, 2.24) is 5.32 Å². The van der Waals surface area contributed by atoms with Gasteiger partial charge in [-0.1, -0.05) is 45.0 Å². The predicted molar refractivity (Wildman–Crippen MR) is 86.0 cm³/mol. The SMILES string of the molecule is CCNC(CSCCCO)c1ccc(C(C)C)cc1. The van der Waals surface area contributed by atoms with E-state index in [0.29, 0.717) is 18.6 Å². The highest BCUT2D eigenvalue weighted by molar-refractivity contribution is 7.99. The van der Waals surface area contributed by atoms with Crippen LogP contribution in [-0.2, 0) is 0 Å². The minimum absolute atomic E-state index is 0.294. The highest BCUT2D eigenvalue weighted by Crippen LogP contribution is 2.22. The van der Waals surface area contributed by atoms with Crippen LogP contribution in [0.5, 0.6) is 0 Å². The summed E-state index contributed by atoms with van der Waals surface area (Å²) in [6.07, 6.45) is 0.885. The van der Waals surface area contributed by atoms with Gasteiger partial charge >= 0.3 is 0 Å². The van der Waals surface area contributed by atoms with Gasteiger partial charge in [0.05, 0.1) is 0 Å². The van der Waals surface area contributed by atoms with E-state index in [-0.39, 0.29) is 0 Å². The van der Waals surface area contributed by atoms with Crippen molar-refractivity contribution in [2.24, 2.45) is 0 Å². The summed E-state index contributed by atoms with van der Waals surface area (Å²) in [7, 11) is 0. The Kier molecular flexibility index (Phi) is 8.19. The Labute approximate surface area is 122 Å². The van der Waals surface area contributed by atoms with Crippen molar-refractivity contribution in [3.63, 3.8) is 0 Å². The van der Waals surface area contributed by atoms with Gasteiger partial charge in [-0.3, -0.25) is 0 Å². The maximum Gasteiger partial charge on any atom is 0.0438 e. The third kappa shape index (κ3) is 5.98. The minimum Gasteiger partial charge on any atom is -0.396 e. The number of thioether (sulfide) groups is 1. The first-order valence-corrected chi connectivity index (χ1v) is 8.36. The van der Waals surface area contributed by atoms with Gasteiger partial charge in [0.15, 0.2) is 0 Å². The smallest absolute Gasteiger partial charge is 0.0438 e. The molecule has 0 aromatic heterocycles. The summed E-state index contributed by atoms with van der Waals surface area (Å²) < 4.78 is 0. The van der Waals surface area contributed by atoms with E-state index in [0.717, 1.165) is 24.5 Å². The topological polar surface area (TPSA) is 32.3 Å². The average Bonchev–Trinajstić information content (AvgIpc) is 2.42. The molecule has 0 fully saturated rings. The van der Waals surface area contributed by atoms with Gasteiger partial charge in [-0.05, 0) is 35.8 Å². The lowest BCUT2D eigenvalue weighted by Crippen LogP contribution is -2.23. The third-order valence-corrected chi connectivity index (χ3v) is 4.33. The van der Waals surface area contributed by atoms with E-state index in [4.69, 9.17) is 5.11 Å². The largest absolute Gasteiger partial charge is 0.396 e.